The number of aromatic nitrogens is 2. The van der Waals surface area contributed by atoms with Crippen LogP contribution in [0.4, 0.5) is 11.5 Å². The van der Waals surface area contributed by atoms with Gasteiger partial charge in [0.1, 0.15) is 0 Å². The first-order valence-corrected chi connectivity index (χ1v) is 10.4. The molecule has 0 fully saturated rings. The van der Waals surface area contributed by atoms with Crippen LogP contribution in [0.15, 0.2) is 47.4 Å². The smallest absolute Gasteiger partial charge is 0.255 e. The van der Waals surface area contributed by atoms with Gasteiger partial charge >= 0.3 is 0 Å². The molecule has 2 aromatic heterocycles. The Morgan fingerprint density at radius 1 is 1.21 bits per heavy atom. The molecule has 0 saturated heterocycles. The lowest BCUT2D eigenvalue weighted by molar-refractivity contribution is -0.117. The first kappa shape index (κ1) is 17.8. The Balaban J connectivity index is 1.43. The minimum Gasteiger partial charge on any atom is -0.359 e. The van der Waals surface area contributed by atoms with Crippen molar-refractivity contribution in [3.05, 3.63) is 69.8 Å². The molecule has 0 bridgehead atoms. The van der Waals surface area contributed by atoms with Gasteiger partial charge in [-0.05, 0) is 23.6 Å². The van der Waals surface area contributed by atoms with E-state index in [1.165, 1.54) is 22.5 Å². The minimum atomic E-state index is -0.0681. The third-order valence-corrected chi connectivity index (χ3v) is 5.97. The summed E-state index contributed by atoms with van der Waals surface area (Å²) >= 11 is 1.49. The highest BCUT2D eigenvalue weighted by Gasteiger charge is 2.28. The van der Waals surface area contributed by atoms with Gasteiger partial charge in [-0.2, -0.15) is 0 Å². The Bertz CT molecular complexity index is 1080. The van der Waals surface area contributed by atoms with Crippen LogP contribution in [0.1, 0.15) is 27.2 Å². The lowest BCUT2D eigenvalue weighted by Crippen LogP contribution is -2.40. The average Bonchev–Trinajstić information content (AvgIpc) is 3.28. The molecule has 8 heteroatoms. The molecule has 29 heavy (non-hydrogen) atoms. The number of benzene rings is 1. The molecule has 0 atom stereocenters. The Morgan fingerprint density at radius 2 is 2.07 bits per heavy atom. The van der Waals surface area contributed by atoms with E-state index in [0.29, 0.717) is 36.7 Å². The number of nitrogens with one attached hydrogen (secondary N) is 1. The van der Waals surface area contributed by atoms with E-state index < -0.39 is 0 Å². The number of thiazole rings is 1. The van der Waals surface area contributed by atoms with Crippen LogP contribution in [0.5, 0.6) is 0 Å². The second-order valence-electron chi connectivity index (χ2n) is 7.15. The number of pyridine rings is 1. The topological polar surface area (TPSA) is 78.4 Å². The number of hydrogen-bond donors (Lipinski definition) is 1. The summed E-state index contributed by atoms with van der Waals surface area (Å²) in [7, 11) is 0. The molecule has 7 nitrogen and oxygen atoms in total. The average molecular weight is 405 g/mol. The van der Waals surface area contributed by atoms with Crippen LogP contribution in [0.2, 0.25) is 0 Å². The quantitative estimate of drug-likeness (QED) is 0.725. The molecule has 2 amide bonds. The molecule has 0 aliphatic carbocycles. The van der Waals surface area contributed by atoms with Gasteiger partial charge in [-0.1, -0.05) is 24.3 Å². The number of hydrogen-bond acceptors (Lipinski definition) is 6. The molecule has 1 N–H and O–H groups in total. The number of carbonyl (C=O) groups excluding carboxylic acids is 2. The van der Waals surface area contributed by atoms with Crippen LogP contribution in [-0.2, 0) is 24.3 Å². The molecule has 5 rings (SSSR count). The monoisotopic (exact) mass is 405 g/mol. The maximum absolute atomic E-state index is 13.2. The predicted octanol–water partition coefficient (Wildman–Crippen LogP) is 2.70. The van der Waals surface area contributed by atoms with Gasteiger partial charge in [0.2, 0.25) is 5.91 Å². The van der Waals surface area contributed by atoms with E-state index in [1.54, 1.807) is 22.7 Å². The fourth-order valence-electron chi connectivity index (χ4n) is 3.80. The minimum absolute atomic E-state index is 0.0659. The van der Waals surface area contributed by atoms with Gasteiger partial charge in [-0.25, -0.2) is 9.97 Å². The van der Waals surface area contributed by atoms with Crippen LogP contribution in [-0.4, -0.2) is 39.8 Å². The Kier molecular flexibility index (Phi) is 4.48. The number of amides is 2. The van der Waals surface area contributed by atoms with Crippen molar-refractivity contribution < 1.29 is 9.59 Å². The first-order valence-electron chi connectivity index (χ1n) is 9.46. The zero-order valence-electron chi connectivity index (χ0n) is 15.7. The van der Waals surface area contributed by atoms with Crippen molar-refractivity contribution in [3.8, 4) is 0 Å². The van der Waals surface area contributed by atoms with E-state index in [-0.39, 0.29) is 18.4 Å². The van der Waals surface area contributed by atoms with Crippen molar-refractivity contribution in [2.75, 3.05) is 23.3 Å². The predicted molar refractivity (Wildman–Crippen MR) is 111 cm³/mol. The summed E-state index contributed by atoms with van der Waals surface area (Å²) in [6, 6.07) is 9.98. The highest BCUT2D eigenvalue weighted by atomic mass is 32.1. The normalized spacial score (nSPS) is 15.5. The van der Waals surface area contributed by atoms with Crippen molar-refractivity contribution in [2.24, 2.45) is 0 Å². The van der Waals surface area contributed by atoms with Crippen molar-refractivity contribution in [1.82, 2.24) is 14.9 Å². The number of anilines is 2. The first-order chi connectivity index (χ1) is 14.2. The second kappa shape index (κ2) is 7.29. The van der Waals surface area contributed by atoms with Crippen molar-refractivity contribution >= 4 is 34.7 Å². The van der Waals surface area contributed by atoms with E-state index in [9.17, 15) is 9.59 Å². The van der Waals surface area contributed by atoms with Gasteiger partial charge in [0, 0.05) is 24.7 Å². The summed E-state index contributed by atoms with van der Waals surface area (Å²) in [4.78, 5) is 37.9. The molecule has 2 aliphatic rings. The van der Waals surface area contributed by atoms with E-state index >= 15 is 0 Å². The summed E-state index contributed by atoms with van der Waals surface area (Å²) in [5, 5.41) is 4.95. The summed E-state index contributed by atoms with van der Waals surface area (Å²) in [6.45, 7) is 1.81. The van der Waals surface area contributed by atoms with Crippen molar-refractivity contribution in [2.45, 2.75) is 19.5 Å². The van der Waals surface area contributed by atoms with Gasteiger partial charge in [0.05, 0.1) is 35.5 Å². The largest absolute Gasteiger partial charge is 0.359 e. The zero-order chi connectivity index (χ0) is 19.8. The second-order valence-corrected chi connectivity index (χ2v) is 7.87. The van der Waals surface area contributed by atoms with Crippen molar-refractivity contribution in [3.63, 3.8) is 0 Å². The highest BCUT2D eigenvalue weighted by Crippen LogP contribution is 2.30. The van der Waals surface area contributed by atoms with E-state index in [4.69, 9.17) is 0 Å². The lowest BCUT2D eigenvalue weighted by atomic mass is 9.99. The molecule has 3 aromatic rings. The highest BCUT2D eigenvalue weighted by molar-refractivity contribution is 7.07. The number of rotatable bonds is 3. The SMILES string of the molecule is O=C(c1cnc2c(c1)N(Cc1cscn1)C(=O)CN2)N1CCc2ccccc2C1. The Morgan fingerprint density at radius 3 is 2.90 bits per heavy atom. The lowest BCUT2D eigenvalue weighted by Gasteiger charge is -2.31. The number of fused-ring (bicyclic) bond motifs is 2. The number of nitrogens with zero attached hydrogens (tertiary/aromatic N) is 4. The molecular weight excluding hydrogens is 386 g/mol. The van der Waals surface area contributed by atoms with Gasteiger partial charge in [0.25, 0.3) is 5.91 Å². The molecule has 1 aromatic carbocycles. The number of carbonyl (C=O) groups is 2. The molecule has 0 spiro atoms. The molecule has 146 valence electrons. The van der Waals surface area contributed by atoms with Crippen LogP contribution in [0.3, 0.4) is 0 Å². The van der Waals surface area contributed by atoms with Crippen LogP contribution < -0.4 is 10.2 Å². The third-order valence-electron chi connectivity index (χ3n) is 5.33. The third kappa shape index (κ3) is 3.36. The van der Waals surface area contributed by atoms with Crippen LogP contribution >= 0.6 is 11.3 Å². The standard InChI is InChI=1S/C21H19N5O2S/c27-19-9-23-20-18(26(19)11-17-12-29-13-24-17)7-16(8-22-20)21(28)25-6-5-14-3-1-2-4-15(14)10-25/h1-4,7-8,12-13H,5-6,9-11H2,(H,22,23). The van der Waals surface area contributed by atoms with Gasteiger partial charge in [0.15, 0.2) is 5.82 Å². The maximum Gasteiger partial charge on any atom is 0.255 e. The molecule has 0 radical (unpaired) electrons. The zero-order valence-corrected chi connectivity index (χ0v) is 16.5. The Labute approximate surface area is 172 Å². The molecule has 0 unspecified atom stereocenters. The van der Waals surface area contributed by atoms with E-state index in [2.05, 4.69) is 27.4 Å². The summed E-state index contributed by atoms with van der Waals surface area (Å²) in [5.41, 5.74) is 6.15. The van der Waals surface area contributed by atoms with Crippen LogP contribution in [0.25, 0.3) is 0 Å². The van der Waals surface area contributed by atoms with Gasteiger partial charge < -0.3 is 15.1 Å². The molecule has 2 aliphatic heterocycles. The van der Waals surface area contributed by atoms with Gasteiger partial charge in [-0.15, -0.1) is 11.3 Å². The molecular formula is C21H19N5O2S. The van der Waals surface area contributed by atoms with Crippen molar-refractivity contribution in [1.29, 1.82) is 0 Å². The van der Waals surface area contributed by atoms with Gasteiger partial charge in [-0.3, -0.25) is 9.59 Å². The van der Waals surface area contributed by atoms with Crippen LogP contribution in [0, 0.1) is 0 Å². The Hall–Kier alpha value is -3.26. The fraction of sp³-hybridized carbons (Fsp3) is 0.238. The van der Waals surface area contributed by atoms with E-state index in [1.807, 2.05) is 22.4 Å². The maximum atomic E-state index is 13.2. The molecule has 0 saturated carbocycles. The van der Waals surface area contributed by atoms with E-state index in [0.717, 1.165) is 12.1 Å². The molecule has 4 heterocycles. The summed E-state index contributed by atoms with van der Waals surface area (Å²) < 4.78 is 0. The summed E-state index contributed by atoms with van der Waals surface area (Å²) in [5.74, 6) is 0.477. The fourth-order valence-corrected chi connectivity index (χ4v) is 4.35. The summed E-state index contributed by atoms with van der Waals surface area (Å²) in [6.07, 6.45) is 2.43.